The standard InChI is InChI=1S/C9H10N2O2/c1-4-5-12-11-7(2)9-6-10-13-8(9)3/h1,6H,5H2,2-3H3/b11-7+. The van der Waals surface area contributed by atoms with E-state index in [-0.39, 0.29) is 6.61 Å². The first kappa shape index (κ1) is 9.33. The number of terminal acetylenes is 1. The highest BCUT2D eigenvalue weighted by molar-refractivity contribution is 5.98. The Hall–Kier alpha value is -1.76. The van der Waals surface area contributed by atoms with E-state index >= 15 is 0 Å². The maximum absolute atomic E-state index is 4.99. The molecule has 0 fully saturated rings. The first-order valence-corrected chi connectivity index (χ1v) is 3.77. The summed E-state index contributed by atoms with van der Waals surface area (Å²) in [6, 6.07) is 0. The Labute approximate surface area is 76.5 Å². The number of nitrogens with zero attached hydrogens (tertiary/aromatic N) is 2. The third kappa shape index (κ3) is 2.34. The number of hydrogen-bond donors (Lipinski definition) is 0. The molecule has 1 aromatic heterocycles. The summed E-state index contributed by atoms with van der Waals surface area (Å²) < 4.78 is 4.87. The largest absolute Gasteiger partial charge is 0.382 e. The number of rotatable bonds is 3. The summed E-state index contributed by atoms with van der Waals surface area (Å²) in [5, 5.41) is 7.41. The van der Waals surface area contributed by atoms with E-state index in [0.717, 1.165) is 5.56 Å². The van der Waals surface area contributed by atoms with Gasteiger partial charge in [0.05, 0.1) is 17.5 Å². The molecule has 13 heavy (non-hydrogen) atoms. The fourth-order valence-electron chi connectivity index (χ4n) is 0.862. The van der Waals surface area contributed by atoms with Crippen LogP contribution in [0.4, 0.5) is 0 Å². The first-order chi connectivity index (χ1) is 6.25. The van der Waals surface area contributed by atoms with Gasteiger partial charge in [0.2, 0.25) is 0 Å². The molecule has 0 aromatic carbocycles. The second-order valence-electron chi connectivity index (χ2n) is 2.45. The smallest absolute Gasteiger partial charge is 0.177 e. The quantitative estimate of drug-likeness (QED) is 0.304. The summed E-state index contributed by atoms with van der Waals surface area (Å²) in [6.07, 6.45) is 6.58. The highest BCUT2D eigenvalue weighted by atomic mass is 16.6. The van der Waals surface area contributed by atoms with E-state index in [2.05, 4.69) is 16.2 Å². The minimum Gasteiger partial charge on any atom is -0.382 e. The SMILES string of the molecule is C#CCO/N=C(\C)c1cnoc1C. The van der Waals surface area contributed by atoms with Crippen LogP contribution < -0.4 is 0 Å². The Balaban J connectivity index is 2.68. The van der Waals surface area contributed by atoms with Crippen LogP contribution in [-0.4, -0.2) is 17.5 Å². The van der Waals surface area contributed by atoms with Crippen molar-refractivity contribution >= 4 is 5.71 Å². The highest BCUT2D eigenvalue weighted by Gasteiger charge is 2.05. The van der Waals surface area contributed by atoms with Crippen molar-refractivity contribution in [3.8, 4) is 12.3 Å². The summed E-state index contributed by atoms with van der Waals surface area (Å²) in [4.78, 5) is 4.81. The lowest BCUT2D eigenvalue weighted by Crippen LogP contribution is -1.96. The van der Waals surface area contributed by atoms with Crippen molar-refractivity contribution in [2.75, 3.05) is 6.61 Å². The van der Waals surface area contributed by atoms with Gasteiger partial charge in [0.1, 0.15) is 5.76 Å². The number of hydrogen-bond acceptors (Lipinski definition) is 4. The second kappa shape index (κ2) is 4.31. The van der Waals surface area contributed by atoms with Crippen LogP contribution in [0.5, 0.6) is 0 Å². The van der Waals surface area contributed by atoms with Crippen LogP contribution in [0.3, 0.4) is 0 Å². The molecule has 1 heterocycles. The van der Waals surface area contributed by atoms with Crippen LogP contribution in [0.2, 0.25) is 0 Å². The summed E-state index contributed by atoms with van der Waals surface area (Å²) in [6.45, 7) is 3.78. The molecule has 0 N–H and O–H groups in total. The van der Waals surface area contributed by atoms with Gasteiger partial charge < -0.3 is 9.36 Å². The summed E-state index contributed by atoms with van der Waals surface area (Å²) >= 11 is 0. The van der Waals surface area contributed by atoms with Crippen LogP contribution in [0, 0.1) is 19.3 Å². The van der Waals surface area contributed by atoms with Crippen molar-refractivity contribution in [3.05, 3.63) is 17.5 Å². The van der Waals surface area contributed by atoms with Crippen molar-refractivity contribution < 1.29 is 9.36 Å². The fraction of sp³-hybridized carbons (Fsp3) is 0.333. The molecule has 0 aliphatic carbocycles. The van der Waals surface area contributed by atoms with Crippen molar-refractivity contribution in [1.82, 2.24) is 5.16 Å². The Morgan fingerprint density at radius 3 is 3.15 bits per heavy atom. The zero-order valence-corrected chi connectivity index (χ0v) is 7.57. The third-order valence-electron chi connectivity index (χ3n) is 1.49. The second-order valence-corrected chi connectivity index (χ2v) is 2.45. The minimum atomic E-state index is 0.168. The Kier molecular flexibility index (Phi) is 3.09. The van der Waals surface area contributed by atoms with Crippen LogP contribution in [0.15, 0.2) is 15.9 Å². The molecule has 68 valence electrons. The minimum absolute atomic E-state index is 0.168. The van der Waals surface area contributed by atoms with Gasteiger partial charge in [-0.2, -0.15) is 0 Å². The molecule has 0 unspecified atom stereocenters. The van der Waals surface area contributed by atoms with E-state index in [4.69, 9.17) is 15.8 Å². The van der Waals surface area contributed by atoms with E-state index in [1.165, 1.54) is 0 Å². The summed E-state index contributed by atoms with van der Waals surface area (Å²) in [5.41, 5.74) is 1.53. The molecule has 0 bridgehead atoms. The highest BCUT2D eigenvalue weighted by Crippen LogP contribution is 2.07. The molecule has 0 amide bonds. The van der Waals surface area contributed by atoms with E-state index in [0.29, 0.717) is 11.5 Å². The van der Waals surface area contributed by atoms with Gasteiger partial charge in [-0.05, 0) is 13.8 Å². The normalized spacial score (nSPS) is 11.0. The molecule has 4 heteroatoms. The van der Waals surface area contributed by atoms with E-state index in [1.54, 1.807) is 13.1 Å². The lowest BCUT2D eigenvalue weighted by atomic mass is 10.2. The molecule has 4 nitrogen and oxygen atoms in total. The average molecular weight is 178 g/mol. The van der Waals surface area contributed by atoms with Crippen LogP contribution in [0.25, 0.3) is 0 Å². The van der Waals surface area contributed by atoms with Gasteiger partial charge in [-0.15, -0.1) is 6.42 Å². The van der Waals surface area contributed by atoms with Gasteiger partial charge in [-0.25, -0.2) is 0 Å². The number of oxime groups is 1. The summed E-state index contributed by atoms with van der Waals surface area (Å²) in [5.74, 6) is 3.03. The number of aryl methyl sites for hydroxylation is 1. The lowest BCUT2D eigenvalue weighted by molar-refractivity contribution is 0.180. The van der Waals surface area contributed by atoms with Crippen molar-refractivity contribution in [1.29, 1.82) is 0 Å². The Morgan fingerprint density at radius 2 is 2.62 bits per heavy atom. The molecule has 0 spiro atoms. The topological polar surface area (TPSA) is 47.6 Å². The zero-order valence-electron chi connectivity index (χ0n) is 7.57. The molecule has 1 rings (SSSR count). The van der Waals surface area contributed by atoms with Gasteiger partial charge >= 0.3 is 0 Å². The predicted molar refractivity (Wildman–Crippen MR) is 48.2 cm³/mol. The van der Waals surface area contributed by atoms with Crippen LogP contribution in [0.1, 0.15) is 18.2 Å². The fourth-order valence-corrected chi connectivity index (χ4v) is 0.862. The zero-order chi connectivity index (χ0) is 9.68. The average Bonchev–Trinajstić information content (AvgIpc) is 2.52. The Bertz CT molecular complexity index is 347. The van der Waals surface area contributed by atoms with Crippen molar-refractivity contribution in [2.24, 2.45) is 5.16 Å². The van der Waals surface area contributed by atoms with E-state index in [9.17, 15) is 0 Å². The molecule has 0 atom stereocenters. The number of aromatic nitrogens is 1. The molecular weight excluding hydrogens is 168 g/mol. The van der Waals surface area contributed by atoms with E-state index in [1.807, 2.05) is 6.92 Å². The van der Waals surface area contributed by atoms with Gasteiger partial charge in [0.15, 0.2) is 6.61 Å². The summed E-state index contributed by atoms with van der Waals surface area (Å²) in [7, 11) is 0. The maximum Gasteiger partial charge on any atom is 0.177 e. The predicted octanol–water partition coefficient (Wildman–Crippen LogP) is 1.36. The monoisotopic (exact) mass is 178 g/mol. The van der Waals surface area contributed by atoms with Gasteiger partial charge in [0.25, 0.3) is 0 Å². The van der Waals surface area contributed by atoms with E-state index < -0.39 is 0 Å². The molecule has 1 aromatic rings. The molecular formula is C9H10N2O2. The molecule has 0 saturated carbocycles. The maximum atomic E-state index is 4.99. The van der Waals surface area contributed by atoms with Crippen LogP contribution in [-0.2, 0) is 4.84 Å². The van der Waals surface area contributed by atoms with Crippen LogP contribution >= 0.6 is 0 Å². The molecule has 0 aliphatic rings. The van der Waals surface area contributed by atoms with Gasteiger partial charge in [-0.1, -0.05) is 16.2 Å². The first-order valence-electron chi connectivity index (χ1n) is 3.77. The molecule has 0 aliphatic heterocycles. The third-order valence-corrected chi connectivity index (χ3v) is 1.49. The Morgan fingerprint density at radius 1 is 1.85 bits per heavy atom. The van der Waals surface area contributed by atoms with Crippen molar-refractivity contribution in [3.63, 3.8) is 0 Å². The molecule has 0 saturated heterocycles. The van der Waals surface area contributed by atoms with Gasteiger partial charge in [0, 0.05) is 0 Å². The van der Waals surface area contributed by atoms with Gasteiger partial charge in [-0.3, -0.25) is 0 Å². The van der Waals surface area contributed by atoms with Crippen molar-refractivity contribution in [2.45, 2.75) is 13.8 Å². The lowest BCUT2D eigenvalue weighted by Gasteiger charge is -1.95. The molecule has 0 radical (unpaired) electrons.